The fourth-order valence-electron chi connectivity index (χ4n) is 3.78. The number of benzene rings is 1. The van der Waals surface area contributed by atoms with Gasteiger partial charge in [-0.1, -0.05) is 11.6 Å². The first-order valence-corrected chi connectivity index (χ1v) is 9.97. The van der Waals surface area contributed by atoms with Gasteiger partial charge in [-0.25, -0.2) is 4.98 Å². The molecule has 160 valence electrons. The molecule has 0 N–H and O–H groups in total. The van der Waals surface area contributed by atoms with E-state index in [4.69, 9.17) is 25.8 Å². The molecule has 0 radical (unpaired) electrons. The molecule has 1 atom stereocenters. The van der Waals surface area contributed by atoms with Crippen LogP contribution in [-0.4, -0.2) is 83.5 Å². The summed E-state index contributed by atoms with van der Waals surface area (Å²) in [5, 5.41) is 0.447. The predicted octanol–water partition coefficient (Wildman–Crippen LogP) is 1.42. The smallest absolute Gasteiger partial charge is 0.290 e. The standard InChI is InChI=1S/C20H23ClN4O5/c1-23-6-5-22-17(23)19(27)25-8-10-30-20(13-25)12-24(7-9-29-20)18(26)15-11-14(21)3-4-16(15)28-2/h3-6,11H,7-10,12-13H2,1-2H3. The van der Waals surface area contributed by atoms with Crippen LogP contribution in [0.2, 0.25) is 5.02 Å². The summed E-state index contributed by atoms with van der Waals surface area (Å²) in [6.45, 7) is 1.80. The van der Waals surface area contributed by atoms with Crippen LogP contribution < -0.4 is 4.74 Å². The summed E-state index contributed by atoms with van der Waals surface area (Å²) < 4.78 is 18.9. The second kappa shape index (κ2) is 8.25. The van der Waals surface area contributed by atoms with Crippen LogP contribution in [0.5, 0.6) is 5.75 Å². The van der Waals surface area contributed by atoms with Crippen molar-refractivity contribution in [2.75, 3.05) is 46.5 Å². The van der Waals surface area contributed by atoms with Gasteiger partial charge in [0.2, 0.25) is 5.79 Å². The molecule has 2 aliphatic rings. The molecule has 2 aliphatic heterocycles. The number of nitrogens with zero attached hydrogens (tertiary/aromatic N) is 4. The van der Waals surface area contributed by atoms with Crippen LogP contribution in [0.15, 0.2) is 30.6 Å². The number of halogens is 1. The minimum absolute atomic E-state index is 0.186. The normalized spacial score (nSPS) is 21.7. The molecule has 1 aromatic heterocycles. The highest BCUT2D eigenvalue weighted by Crippen LogP contribution is 2.29. The Morgan fingerprint density at radius 1 is 1.13 bits per heavy atom. The quantitative estimate of drug-likeness (QED) is 0.726. The van der Waals surface area contributed by atoms with Crippen molar-refractivity contribution in [2.45, 2.75) is 5.79 Å². The summed E-state index contributed by atoms with van der Waals surface area (Å²) in [6.07, 6.45) is 3.30. The summed E-state index contributed by atoms with van der Waals surface area (Å²) >= 11 is 6.09. The van der Waals surface area contributed by atoms with Crippen LogP contribution in [-0.2, 0) is 16.5 Å². The van der Waals surface area contributed by atoms with E-state index in [1.54, 1.807) is 52.0 Å². The van der Waals surface area contributed by atoms with Gasteiger partial charge in [-0.2, -0.15) is 0 Å². The van der Waals surface area contributed by atoms with E-state index in [2.05, 4.69) is 4.98 Å². The summed E-state index contributed by atoms with van der Waals surface area (Å²) in [5.74, 6) is -0.721. The minimum Gasteiger partial charge on any atom is -0.496 e. The van der Waals surface area contributed by atoms with Crippen molar-refractivity contribution in [2.24, 2.45) is 7.05 Å². The zero-order valence-corrected chi connectivity index (χ0v) is 17.6. The Hall–Kier alpha value is -2.62. The Bertz CT molecular complexity index is 960. The van der Waals surface area contributed by atoms with Crippen LogP contribution in [0.3, 0.4) is 0 Å². The number of hydrogen-bond acceptors (Lipinski definition) is 6. The van der Waals surface area contributed by atoms with E-state index in [0.29, 0.717) is 48.5 Å². The van der Waals surface area contributed by atoms with Gasteiger partial charge in [-0.3, -0.25) is 9.59 Å². The molecule has 2 fully saturated rings. The Morgan fingerprint density at radius 3 is 2.40 bits per heavy atom. The van der Waals surface area contributed by atoms with E-state index in [1.165, 1.54) is 7.11 Å². The third-order valence-electron chi connectivity index (χ3n) is 5.29. The SMILES string of the molecule is COc1ccc(Cl)cc1C(=O)N1CCOC2(C1)CN(C(=O)c1nccn1C)CCO2. The number of carbonyl (C=O) groups is 2. The second-order valence-corrected chi connectivity index (χ2v) is 7.70. The lowest BCUT2D eigenvalue weighted by atomic mass is 10.1. The summed E-state index contributed by atoms with van der Waals surface area (Å²) in [6, 6.07) is 4.92. The van der Waals surface area contributed by atoms with Crippen molar-refractivity contribution in [3.63, 3.8) is 0 Å². The highest BCUT2D eigenvalue weighted by Gasteiger charge is 2.45. The monoisotopic (exact) mass is 434 g/mol. The van der Waals surface area contributed by atoms with Gasteiger partial charge < -0.3 is 28.6 Å². The lowest BCUT2D eigenvalue weighted by Crippen LogP contribution is -2.63. The molecule has 1 spiro atoms. The highest BCUT2D eigenvalue weighted by atomic mass is 35.5. The molecular formula is C20H23ClN4O5. The lowest BCUT2D eigenvalue weighted by Gasteiger charge is -2.47. The first kappa shape index (κ1) is 20.6. The minimum atomic E-state index is -1.08. The van der Waals surface area contributed by atoms with E-state index in [0.717, 1.165) is 0 Å². The van der Waals surface area contributed by atoms with E-state index in [1.807, 2.05) is 0 Å². The van der Waals surface area contributed by atoms with Gasteiger partial charge in [-0.15, -0.1) is 0 Å². The molecule has 2 saturated heterocycles. The Balaban J connectivity index is 1.53. The van der Waals surface area contributed by atoms with Gasteiger partial charge in [0.1, 0.15) is 5.75 Å². The zero-order chi connectivity index (χ0) is 21.3. The van der Waals surface area contributed by atoms with Gasteiger partial charge in [0, 0.05) is 37.6 Å². The number of rotatable bonds is 3. The molecule has 1 unspecified atom stereocenters. The zero-order valence-electron chi connectivity index (χ0n) is 16.8. The number of hydrogen-bond donors (Lipinski definition) is 0. The molecule has 9 nitrogen and oxygen atoms in total. The number of amides is 2. The van der Waals surface area contributed by atoms with Crippen molar-refractivity contribution in [1.82, 2.24) is 19.4 Å². The Kier molecular flexibility index (Phi) is 5.68. The van der Waals surface area contributed by atoms with Crippen LogP contribution in [0.4, 0.5) is 0 Å². The number of imidazole rings is 1. The molecule has 0 saturated carbocycles. The molecule has 4 rings (SSSR count). The number of carbonyl (C=O) groups excluding carboxylic acids is 2. The molecule has 10 heteroatoms. The van der Waals surface area contributed by atoms with Gasteiger partial charge in [-0.05, 0) is 18.2 Å². The fourth-order valence-corrected chi connectivity index (χ4v) is 3.95. The summed E-state index contributed by atoms with van der Waals surface area (Å²) in [5.41, 5.74) is 0.374. The fraction of sp³-hybridized carbons (Fsp3) is 0.450. The van der Waals surface area contributed by atoms with Gasteiger partial charge in [0.25, 0.3) is 11.8 Å². The molecule has 30 heavy (non-hydrogen) atoms. The van der Waals surface area contributed by atoms with Crippen molar-refractivity contribution in [3.05, 3.63) is 47.0 Å². The molecule has 1 aromatic carbocycles. The van der Waals surface area contributed by atoms with Crippen molar-refractivity contribution >= 4 is 23.4 Å². The second-order valence-electron chi connectivity index (χ2n) is 7.27. The third-order valence-corrected chi connectivity index (χ3v) is 5.53. The number of ether oxygens (including phenoxy) is 3. The number of methoxy groups -OCH3 is 1. The van der Waals surface area contributed by atoms with Crippen molar-refractivity contribution in [3.8, 4) is 5.75 Å². The van der Waals surface area contributed by atoms with E-state index in [-0.39, 0.29) is 24.9 Å². The van der Waals surface area contributed by atoms with E-state index in [9.17, 15) is 9.59 Å². The van der Waals surface area contributed by atoms with Crippen LogP contribution in [0.1, 0.15) is 21.0 Å². The maximum Gasteiger partial charge on any atom is 0.290 e. The Labute approximate surface area is 179 Å². The summed E-state index contributed by atoms with van der Waals surface area (Å²) in [4.78, 5) is 33.5. The first-order valence-electron chi connectivity index (χ1n) is 9.60. The molecule has 3 heterocycles. The average molecular weight is 435 g/mol. The first-order chi connectivity index (χ1) is 14.4. The molecule has 2 aromatic rings. The maximum atomic E-state index is 13.2. The highest BCUT2D eigenvalue weighted by molar-refractivity contribution is 6.31. The van der Waals surface area contributed by atoms with E-state index < -0.39 is 5.79 Å². The third kappa shape index (κ3) is 3.88. The number of morpholine rings is 2. The summed E-state index contributed by atoms with van der Waals surface area (Å²) in [7, 11) is 3.28. The van der Waals surface area contributed by atoms with Gasteiger partial charge in [0.15, 0.2) is 5.82 Å². The average Bonchev–Trinajstić information content (AvgIpc) is 3.18. The lowest BCUT2D eigenvalue weighted by molar-refractivity contribution is -0.282. The van der Waals surface area contributed by atoms with Crippen LogP contribution in [0.25, 0.3) is 0 Å². The van der Waals surface area contributed by atoms with Crippen LogP contribution >= 0.6 is 11.6 Å². The molecular weight excluding hydrogens is 412 g/mol. The van der Waals surface area contributed by atoms with E-state index >= 15 is 0 Å². The van der Waals surface area contributed by atoms with Crippen molar-refractivity contribution < 1.29 is 23.8 Å². The van der Waals surface area contributed by atoms with Gasteiger partial charge in [0.05, 0.1) is 39.0 Å². The maximum absolute atomic E-state index is 13.2. The number of aryl methyl sites for hydroxylation is 1. The molecule has 2 amide bonds. The molecule has 0 bridgehead atoms. The number of aromatic nitrogens is 2. The largest absolute Gasteiger partial charge is 0.496 e. The topological polar surface area (TPSA) is 86.1 Å². The Morgan fingerprint density at radius 2 is 1.80 bits per heavy atom. The van der Waals surface area contributed by atoms with Crippen LogP contribution in [0, 0.1) is 0 Å². The van der Waals surface area contributed by atoms with Crippen molar-refractivity contribution in [1.29, 1.82) is 0 Å². The predicted molar refractivity (Wildman–Crippen MR) is 108 cm³/mol. The molecule has 0 aliphatic carbocycles. The van der Waals surface area contributed by atoms with Gasteiger partial charge >= 0.3 is 0 Å².